The predicted molar refractivity (Wildman–Crippen MR) is 101 cm³/mol. The monoisotopic (exact) mass is 372 g/mol. The van der Waals surface area contributed by atoms with E-state index in [4.69, 9.17) is 4.74 Å². The molecule has 1 aliphatic heterocycles. The quantitative estimate of drug-likeness (QED) is 0.724. The minimum Gasteiger partial charge on any atom is -0.390 e. The van der Waals surface area contributed by atoms with Gasteiger partial charge in [-0.3, -0.25) is 0 Å². The van der Waals surface area contributed by atoms with E-state index in [1.807, 2.05) is 19.1 Å². The summed E-state index contributed by atoms with van der Waals surface area (Å²) < 4.78 is 21.4. The maximum Gasteiger partial charge on any atom is 0.126 e. The van der Waals surface area contributed by atoms with E-state index in [0.717, 1.165) is 10.3 Å². The first-order valence-corrected chi connectivity index (χ1v) is 9.60. The van der Waals surface area contributed by atoms with Crippen molar-refractivity contribution >= 4 is 21.4 Å². The summed E-state index contributed by atoms with van der Waals surface area (Å²) in [6.07, 6.45) is -1.76. The SMILES string of the molecule is CC1CC(O)C(O)C(c2ccc(F)c(Cc3cc4ccccc4s3)c2)O1. The highest BCUT2D eigenvalue weighted by molar-refractivity contribution is 7.19. The van der Waals surface area contributed by atoms with Crippen molar-refractivity contribution in [3.63, 3.8) is 0 Å². The van der Waals surface area contributed by atoms with E-state index in [9.17, 15) is 14.6 Å². The molecule has 0 amide bonds. The van der Waals surface area contributed by atoms with Crippen LogP contribution in [-0.2, 0) is 11.2 Å². The van der Waals surface area contributed by atoms with Gasteiger partial charge in [-0.15, -0.1) is 11.3 Å². The van der Waals surface area contributed by atoms with E-state index in [1.165, 1.54) is 10.8 Å². The highest BCUT2D eigenvalue weighted by Crippen LogP contribution is 2.34. The van der Waals surface area contributed by atoms with Gasteiger partial charge in [0.2, 0.25) is 0 Å². The molecule has 0 aliphatic carbocycles. The van der Waals surface area contributed by atoms with Gasteiger partial charge in [-0.05, 0) is 47.7 Å². The highest BCUT2D eigenvalue weighted by atomic mass is 32.1. The fraction of sp³-hybridized carbons (Fsp3) is 0.333. The van der Waals surface area contributed by atoms with Crippen molar-refractivity contribution in [1.29, 1.82) is 0 Å². The predicted octanol–water partition coefficient (Wildman–Crippen LogP) is 4.20. The van der Waals surface area contributed by atoms with Gasteiger partial charge >= 0.3 is 0 Å². The molecular weight excluding hydrogens is 351 g/mol. The van der Waals surface area contributed by atoms with E-state index in [0.29, 0.717) is 24.0 Å². The minimum absolute atomic E-state index is 0.158. The average Bonchev–Trinajstić information content (AvgIpc) is 3.02. The Morgan fingerprint density at radius 2 is 1.96 bits per heavy atom. The van der Waals surface area contributed by atoms with E-state index in [1.54, 1.807) is 23.5 Å². The number of aliphatic hydroxyl groups excluding tert-OH is 2. The summed E-state index contributed by atoms with van der Waals surface area (Å²) >= 11 is 1.66. The van der Waals surface area contributed by atoms with Crippen molar-refractivity contribution in [1.82, 2.24) is 0 Å². The van der Waals surface area contributed by atoms with Crippen LogP contribution < -0.4 is 0 Å². The van der Waals surface area contributed by atoms with Crippen molar-refractivity contribution in [2.75, 3.05) is 0 Å². The molecule has 4 atom stereocenters. The summed E-state index contributed by atoms with van der Waals surface area (Å²) in [5.41, 5.74) is 1.26. The molecule has 0 spiro atoms. The summed E-state index contributed by atoms with van der Waals surface area (Å²) in [4.78, 5) is 1.08. The summed E-state index contributed by atoms with van der Waals surface area (Å²) in [5.74, 6) is -0.273. The third-order valence-electron chi connectivity index (χ3n) is 4.90. The van der Waals surface area contributed by atoms with Crippen LogP contribution in [0.1, 0.15) is 35.5 Å². The smallest absolute Gasteiger partial charge is 0.126 e. The van der Waals surface area contributed by atoms with Gasteiger partial charge in [0.1, 0.15) is 18.0 Å². The fourth-order valence-electron chi connectivity index (χ4n) is 3.56. The molecule has 2 aromatic carbocycles. The average molecular weight is 372 g/mol. The zero-order chi connectivity index (χ0) is 18.3. The van der Waals surface area contributed by atoms with Gasteiger partial charge in [-0.1, -0.05) is 24.3 Å². The van der Waals surface area contributed by atoms with Crippen LogP contribution in [-0.4, -0.2) is 28.5 Å². The zero-order valence-corrected chi connectivity index (χ0v) is 15.2. The summed E-state index contributed by atoms with van der Waals surface area (Å²) in [7, 11) is 0. The van der Waals surface area contributed by atoms with Gasteiger partial charge in [-0.25, -0.2) is 4.39 Å². The Kier molecular flexibility index (Phi) is 4.80. The van der Waals surface area contributed by atoms with Crippen molar-refractivity contribution in [2.24, 2.45) is 0 Å². The van der Waals surface area contributed by atoms with Crippen molar-refractivity contribution in [3.8, 4) is 0 Å². The molecular formula is C21H21FO3S. The first-order valence-electron chi connectivity index (χ1n) is 8.78. The summed E-state index contributed by atoms with van der Waals surface area (Å²) in [6.45, 7) is 1.86. The Bertz CT molecular complexity index is 890. The number of ether oxygens (including phenoxy) is 1. The van der Waals surface area contributed by atoms with E-state index < -0.39 is 18.3 Å². The molecule has 1 saturated heterocycles. The number of rotatable bonds is 3. The maximum absolute atomic E-state index is 14.4. The topological polar surface area (TPSA) is 49.7 Å². The molecule has 3 aromatic rings. The molecule has 4 rings (SSSR count). The van der Waals surface area contributed by atoms with Crippen molar-refractivity contribution < 1.29 is 19.3 Å². The number of aliphatic hydroxyl groups is 2. The third kappa shape index (κ3) is 3.40. The molecule has 26 heavy (non-hydrogen) atoms. The molecule has 4 unspecified atom stereocenters. The number of benzene rings is 2. The normalized spacial score (nSPS) is 26.3. The van der Waals surface area contributed by atoms with Gasteiger partial charge in [0.25, 0.3) is 0 Å². The Labute approximate surface area is 155 Å². The second kappa shape index (κ2) is 7.08. The number of fused-ring (bicyclic) bond motifs is 1. The van der Waals surface area contributed by atoms with Crippen LogP contribution in [0.2, 0.25) is 0 Å². The Balaban J connectivity index is 1.63. The van der Waals surface area contributed by atoms with Gasteiger partial charge in [0.15, 0.2) is 0 Å². The Morgan fingerprint density at radius 3 is 2.77 bits per heavy atom. The van der Waals surface area contributed by atoms with E-state index in [-0.39, 0.29) is 11.9 Å². The van der Waals surface area contributed by atoms with Crippen LogP contribution in [0.15, 0.2) is 48.5 Å². The first kappa shape index (κ1) is 17.6. The molecule has 2 N–H and O–H groups in total. The summed E-state index contributed by atoms with van der Waals surface area (Å²) in [5, 5.41) is 21.5. The second-order valence-corrected chi connectivity index (χ2v) is 8.11. The lowest BCUT2D eigenvalue weighted by Gasteiger charge is -2.36. The van der Waals surface area contributed by atoms with Crippen LogP contribution in [0.25, 0.3) is 10.1 Å². The fourth-order valence-corrected chi connectivity index (χ4v) is 4.65. The van der Waals surface area contributed by atoms with Crippen molar-refractivity contribution in [3.05, 3.63) is 70.4 Å². The Hall–Kier alpha value is -1.79. The largest absolute Gasteiger partial charge is 0.390 e. The molecule has 136 valence electrons. The van der Waals surface area contributed by atoms with Crippen molar-refractivity contribution in [2.45, 2.75) is 44.2 Å². The molecule has 1 fully saturated rings. The van der Waals surface area contributed by atoms with Crippen LogP contribution in [0.5, 0.6) is 0 Å². The molecule has 3 nitrogen and oxygen atoms in total. The molecule has 1 aromatic heterocycles. The van der Waals surface area contributed by atoms with E-state index in [2.05, 4.69) is 18.2 Å². The van der Waals surface area contributed by atoms with Crippen LogP contribution in [0.3, 0.4) is 0 Å². The van der Waals surface area contributed by atoms with Gasteiger partial charge in [0.05, 0.1) is 12.2 Å². The number of thiophene rings is 1. The third-order valence-corrected chi connectivity index (χ3v) is 6.01. The first-order chi connectivity index (χ1) is 12.5. The van der Waals surface area contributed by atoms with Crippen LogP contribution in [0.4, 0.5) is 4.39 Å². The zero-order valence-electron chi connectivity index (χ0n) is 14.4. The van der Waals surface area contributed by atoms with Gasteiger partial charge < -0.3 is 14.9 Å². The van der Waals surface area contributed by atoms with Crippen LogP contribution >= 0.6 is 11.3 Å². The molecule has 5 heteroatoms. The van der Waals surface area contributed by atoms with Gasteiger partial charge in [-0.2, -0.15) is 0 Å². The number of halogens is 1. The molecule has 0 radical (unpaired) electrons. The number of hydrogen-bond acceptors (Lipinski definition) is 4. The van der Waals surface area contributed by atoms with Gasteiger partial charge in [0, 0.05) is 22.4 Å². The summed E-state index contributed by atoms with van der Waals surface area (Å²) in [6, 6.07) is 15.0. The minimum atomic E-state index is -1.01. The van der Waals surface area contributed by atoms with E-state index >= 15 is 0 Å². The lowest BCUT2D eigenvalue weighted by atomic mass is 9.92. The maximum atomic E-state index is 14.4. The molecule has 0 saturated carbocycles. The second-order valence-electron chi connectivity index (χ2n) is 6.94. The standard InChI is InChI=1S/C21H21FO3S/c1-12-8-18(23)20(24)21(25-12)14-6-7-17(22)15(9-14)11-16-10-13-4-2-3-5-19(13)26-16/h2-7,9-10,12,18,20-21,23-24H,8,11H2,1H3. The molecule has 0 bridgehead atoms. The van der Waals surface area contributed by atoms with Crippen LogP contribution in [0, 0.1) is 5.82 Å². The lowest BCUT2D eigenvalue weighted by Crippen LogP contribution is -2.42. The lowest BCUT2D eigenvalue weighted by molar-refractivity contribution is -0.166. The molecule has 1 aliphatic rings. The molecule has 2 heterocycles. The number of hydrogen-bond donors (Lipinski definition) is 2. The highest BCUT2D eigenvalue weighted by Gasteiger charge is 2.36. The Morgan fingerprint density at radius 1 is 1.15 bits per heavy atom.